The molecule has 0 spiro atoms. The molecular formula is C15H26N4O9. The van der Waals surface area contributed by atoms with E-state index in [0.717, 1.165) is 0 Å². The Hall–Kier alpha value is -2.32. The molecule has 28 heavy (non-hydrogen) atoms. The molecule has 8 N–H and O–H groups in total. The molecule has 1 aliphatic heterocycles. The van der Waals surface area contributed by atoms with Crippen molar-refractivity contribution in [1.82, 2.24) is 0 Å². The van der Waals surface area contributed by atoms with Crippen LogP contribution in [-0.4, -0.2) is 87.2 Å². The Labute approximate surface area is 160 Å². The summed E-state index contributed by atoms with van der Waals surface area (Å²) in [5, 5.41) is 0. The van der Waals surface area contributed by atoms with Gasteiger partial charge < -0.3 is 46.6 Å². The van der Waals surface area contributed by atoms with E-state index in [9.17, 15) is 19.2 Å². The Balaban J connectivity index is 3.17. The Bertz CT molecular complexity index is 574. The van der Waals surface area contributed by atoms with Crippen LogP contribution in [0.2, 0.25) is 0 Å². The van der Waals surface area contributed by atoms with Crippen molar-refractivity contribution in [2.45, 2.75) is 37.4 Å². The Morgan fingerprint density at radius 2 is 1.14 bits per heavy atom. The first-order valence-electron chi connectivity index (χ1n) is 8.47. The van der Waals surface area contributed by atoms with Gasteiger partial charge in [0.05, 0.1) is 32.3 Å². The maximum Gasteiger partial charge on any atom is 0.320 e. The van der Waals surface area contributed by atoms with E-state index in [0.29, 0.717) is 0 Å². The summed E-state index contributed by atoms with van der Waals surface area (Å²) in [4.78, 5) is 46.6. The van der Waals surface area contributed by atoms with E-state index >= 15 is 0 Å². The first-order valence-corrected chi connectivity index (χ1v) is 8.47. The largest absolute Gasteiger partial charge is 0.462 e. The summed E-state index contributed by atoms with van der Waals surface area (Å²) in [6, 6.07) is 0. The maximum atomic E-state index is 11.8. The van der Waals surface area contributed by atoms with Crippen molar-refractivity contribution >= 4 is 23.9 Å². The highest BCUT2D eigenvalue weighted by Gasteiger charge is 2.51. The molecule has 0 unspecified atom stereocenters. The second-order valence-electron chi connectivity index (χ2n) is 5.74. The molecule has 13 heteroatoms. The molecule has 0 aliphatic carbocycles. The van der Waals surface area contributed by atoms with Crippen LogP contribution in [0.4, 0.5) is 0 Å². The first kappa shape index (κ1) is 23.7. The number of hydrogen-bond acceptors (Lipinski definition) is 13. The summed E-state index contributed by atoms with van der Waals surface area (Å²) in [6.45, 7) is -0.614. The highest BCUT2D eigenvalue weighted by molar-refractivity contribution is 5.74. The predicted octanol–water partition coefficient (Wildman–Crippen LogP) is -4.11. The van der Waals surface area contributed by atoms with Gasteiger partial charge in [-0.3, -0.25) is 19.2 Å². The molecule has 0 aromatic carbocycles. The minimum absolute atomic E-state index is 0.364. The third kappa shape index (κ3) is 6.69. The molecule has 1 heterocycles. The summed E-state index contributed by atoms with van der Waals surface area (Å²) in [6.07, 6.45) is -5.65. The van der Waals surface area contributed by atoms with E-state index in [4.69, 9.17) is 46.6 Å². The monoisotopic (exact) mass is 406 g/mol. The average Bonchev–Trinajstić information content (AvgIpc) is 2.69. The third-order valence-corrected chi connectivity index (χ3v) is 3.74. The van der Waals surface area contributed by atoms with Crippen LogP contribution in [0.1, 0.15) is 6.92 Å². The molecule has 1 fully saturated rings. The van der Waals surface area contributed by atoms with Crippen molar-refractivity contribution < 1.29 is 42.9 Å². The second kappa shape index (κ2) is 11.5. The molecule has 160 valence electrons. The summed E-state index contributed by atoms with van der Waals surface area (Å²) in [5.41, 5.74) is 21.0. The zero-order chi connectivity index (χ0) is 21.3. The van der Waals surface area contributed by atoms with Gasteiger partial charge >= 0.3 is 23.9 Å². The number of esters is 4. The number of carbonyl (C=O) groups excluding carboxylic acids is 4. The van der Waals surface area contributed by atoms with E-state index in [1.54, 1.807) is 0 Å². The van der Waals surface area contributed by atoms with E-state index in [2.05, 4.69) is 0 Å². The average molecular weight is 406 g/mol. The quantitative estimate of drug-likeness (QED) is 0.211. The first-order chi connectivity index (χ1) is 13.3. The summed E-state index contributed by atoms with van der Waals surface area (Å²) in [7, 11) is 0. The molecule has 0 radical (unpaired) electrons. The van der Waals surface area contributed by atoms with Crippen LogP contribution in [0.3, 0.4) is 0 Å². The molecule has 0 saturated carbocycles. The van der Waals surface area contributed by atoms with Gasteiger partial charge in [-0.05, 0) is 6.92 Å². The molecule has 1 saturated heterocycles. The van der Waals surface area contributed by atoms with Gasteiger partial charge in [0.15, 0.2) is 18.3 Å². The van der Waals surface area contributed by atoms with Crippen LogP contribution in [0.5, 0.6) is 0 Å². The topological polar surface area (TPSA) is 219 Å². The molecule has 1 rings (SSSR count). The van der Waals surface area contributed by atoms with Crippen molar-refractivity contribution in [3.05, 3.63) is 0 Å². The lowest BCUT2D eigenvalue weighted by atomic mass is 9.95. The molecule has 13 nitrogen and oxygen atoms in total. The minimum atomic E-state index is -1.30. The van der Waals surface area contributed by atoms with Crippen molar-refractivity contribution in [3.63, 3.8) is 0 Å². The zero-order valence-corrected chi connectivity index (χ0v) is 15.4. The predicted molar refractivity (Wildman–Crippen MR) is 91.2 cm³/mol. The van der Waals surface area contributed by atoms with Gasteiger partial charge in [-0.25, -0.2) is 0 Å². The van der Waals surface area contributed by atoms with Gasteiger partial charge in [0, 0.05) is 0 Å². The van der Waals surface area contributed by atoms with Crippen LogP contribution in [0.25, 0.3) is 0 Å². The number of ether oxygens (including phenoxy) is 5. The molecule has 0 bridgehead atoms. The summed E-state index contributed by atoms with van der Waals surface area (Å²) < 4.78 is 26.3. The van der Waals surface area contributed by atoms with E-state index in [1.807, 2.05) is 0 Å². The fourth-order valence-electron chi connectivity index (χ4n) is 2.50. The van der Waals surface area contributed by atoms with Gasteiger partial charge in [-0.2, -0.15) is 0 Å². The van der Waals surface area contributed by atoms with Crippen molar-refractivity contribution in [1.29, 1.82) is 0 Å². The Kier molecular flexibility index (Phi) is 9.75. The van der Waals surface area contributed by atoms with Gasteiger partial charge in [0.2, 0.25) is 0 Å². The van der Waals surface area contributed by atoms with Crippen molar-refractivity contribution in [3.8, 4) is 0 Å². The van der Waals surface area contributed by atoms with Crippen LogP contribution in [0.15, 0.2) is 0 Å². The van der Waals surface area contributed by atoms with Crippen LogP contribution in [0, 0.1) is 0 Å². The van der Waals surface area contributed by atoms with Crippen LogP contribution in [-0.2, 0) is 42.9 Å². The van der Waals surface area contributed by atoms with E-state index < -0.39 is 74.0 Å². The molecule has 1 aliphatic rings. The van der Waals surface area contributed by atoms with Gasteiger partial charge in [0.25, 0.3) is 0 Å². The zero-order valence-electron chi connectivity index (χ0n) is 15.4. The molecule has 0 aromatic heterocycles. The van der Waals surface area contributed by atoms with Gasteiger partial charge in [0.1, 0.15) is 12.7 Å². The van der Waals surface area contributed by atoms with E-state index in [1.165, 1.54) is 6.92 Å². The summed E-state index contributed by atoms with van der Waals surface area (Å²) >= 11 is 0. The summed E-state index contributed by atoms with van der Waals surface area (Å²) in [5.74, 6) is -3.23. The SMILES string of the molecule is C[C@@H]1O[C@H](COC(=O)CN)[C@@H](OC(=O)CN)[C@H](OC(=O)CN)[C@H]1OC(=O)CN. The molecule has 0 amide bonds. The minimum Gasteiger partial charge on any atom is -0.462 e. The molecule has 0 aromatic rings. The fourth-order valence-corrected chi connectivity index (χ4v) is 2.50. The van der Waals surface area contributed by atoms with Gasteiger partial charge in [-0.1, -0.05) is 0 Å². The van der Waals surface area contributed by atoms with Gasteiger partial charge in [-0.15, -0.1) is 0 Å². The number of hydrogen-bond donors (Lipinski definition) is 4. The number of rotatable bonds is 9. The maximum absolute atomic E-state index is 11.8. The smallest absolute Gasteiger partial charge is 0.320 e. The Morgan fingerprint density at radius 3 is 1.61 bits per heavy atom. The lowest BCUT2D eigenvalue weighted by Crippen LogP contribution is -2.62. The van der Waals surface area contributed by atoms with Crippen molar-refractivity contribution in [2.24, 2.45) is 22.9 Å². The lowest BCUT2D eigenvalue weighted by molar-refractivity contribution is -0.249. The Morgan fingerprint density at radius 1 is 0.714 bits per heavy atom. The number of carbonyl (C=O) groups is 4. The normalized spacial score (nSPS) is 26.8. The standard InChI is InChI=1S/C15H26N4O9/c1-7-13(26-10(21)3-17)15(28-12(23)5-19)14(27-11(22)4-18)8(25-7)6-24-9(20)2-16/h7-8,13-15H,2-6,16-19H2,1H3/t7-,8+,13-,14+,15+/m0/s1. The second-order valence-corrected chi connectivity index (χ2v) is 5.74. The highest BCUT2D eigenvalue weighted by atomic mass is 16.7. The molecule has 5 atom stereocenters. The van der Waals surface area contributed by atoms with Crippen LogP contribution < -0.4 is 22.9 Å². The van der Waals surface area contributed by atoms with E-state index in [-0.39, 0.29) is 13.2 Å². The third-order valence-electron chi connectivity index (χ3n) is 3.74. The lowest BCUT2D eigenvalue weighted by Gasteiger charge is -2.43. The number of nitrogens with two attached hydrogens (primary N) is 4. The van der Waals surface area contributed by atoms with Crippen LogP contribution >= 0.6 is 0 Å². The highest BCUT2D eigenvalue weighted by Crippen LogP contribution is 2.28. The van der Waals surface area contributed by atoms with Crippen molar-refractivity contribution in [2.75, 3.05) is 32.8 Å². The molecular weight excluding hydrogens is 380 g/mol. The fraction of sp³-hybridized carbons (Fsp3) is 0.733.